The Morgan fingerprint density at radius 2 is 2.13 bits per heavy atom. The number of rotatable bonds is 7. The van der Waals surface area contributed by atoms with E-state index in [1.165, 1.54) is 0 Å². The Balaban J connectivity index is 1.81. The van der Waals surface area contributed by atoms with E-state index >= 15 is 0 Å². The van der Waals surface area contributed by atoms with Crippen LogP contribution in [0.15, 0.2) is 18.3 Å². The first-order valence-electron chi connectivity index (χ1n) is 9.27. The lowest BCUT2D eigenvalue weighted by Gasteiger charge is -2.35. The van der Waals surface area contributed by atoms with Gasteiger partial charge < -0.3 is 10.1 Å². The Bertz CT molecular complexity index is 987. The van der Waals surface area contributed by atoms with Crippen LogP contribution in [0.2, 0.25) is 5.15 Å². The minimum absolute atomic E-state index is 0.0381. The minimum atomic E-state index is -2.55. The fraction of sp³-hybridized carbons (Fsp3) is 0.400. The molecular formula is C20H19ClF2N6O. The smallest absolute Gasteiger partial charge is 0.272 e. The summed E-state index contributed by atoms with van der Waals surface area (Å²) in [6, 6.07) is 7.46. The first kappa shape index (κ1) is 21.7. The number of hydrogen-bond donors (Lipinski definition) is 1. The monoisotopic (exact) mass is 432 g/mol. The molecule has 0 saturated carbocycles. The average molecular weight is 433 g/mol. The molecule has 1 atom stereocenters. The van der Waals surface area contributed by atoms with Crippen molar-refractivity contribution in [1.82, 2.24) is 14.9 Å². The molecule has 1 aliphatic rings. The van der Waals surface area contributed by atoms with Crippen LogP contribution in [0.4, 0.5) is 14.6 Å². The van der Waals surface area contributed by atoms with Crippen LogP contribution >= 0.6 is 11.6 Å². The van der Waals surface area contributed by atoms with E-state index in [0.29, 0.717) is 30.9 Å². The van der Waals surface area contributed by atoms with Gasteiger partial charge in [-0.15, -0.1) is 0 Å². The SMILES string of the molecule is CC(c1ccc(OCC(F)F)nc1)N1CCc2c(NCC#N)nc(Cl)c(C#N)c2C1. The topological polar surface area (TPSA) is 97.9 Å². The Morgan fingerprint density at radius 3 is 2.77 bits per heavy atom. The van der Waals surface area contributed by atoms with Crippen molar-refractivity contribution in [2.75, 3.05) is 25.0 Å². The second kappa shape index (κ2) is 9.66. The number of fused-ring (bicyclic) bond motifs is 1. The first-order valence-corrected chi connectivity index (χ1v) is 9.65. The molecular weight excluding hydrogens is 414 g/mol. The van der Waals surface area contributed by atoms with Gasteiger partial charge in [-0.3, -0.25) is 4.90 Å². The van der Waals surface area contributed by atoms with Crippen LogP contribution in [0.3, 0.4) is 0 Å². The van der Waals surface area contributed by atoms with E-state index in [-0.39, 0.29) is 23.6 Å². The molecule has 7 nitrogen and oxygen atoms in total. The number of aromatic nitrogens is 2. The average Bonchev–Trinajstić information content (AvgIpc) is 2.75. The van der Waals surface area contributed by atoms with Crippen molar-refractivity contribution in [3.05, 3.63) is 45.7 Å². The summed E-state index contributed by atoms with van der Waals surface area (Å²) in [5.74, 6) is 0.679. The van der Waals surface area contributed by atoms with E-state index in [9.17, 15) is 14.0 Å². The van der Waals surface area contributed by atoms with Crippen molar-refractivity contribution >= 4 is 17.4 Å². The molecule has 0 radical (unpaired) electrons. The molecule has 0 fully saturated rings. The van der Waals surface area contributed by atoms with Crippen LogP contribution in [0, 0.1) is 22.7 Å². The maximum absolute atomic E-state index is 12.3. The highest BCUT2D eigenvalue weighted by Crippen LogP contribution is 2.34. The molecule has 3 heterocycles. The summed E-state index contributed by atoms with van der Waals surface area (Å²) in [7, 11) is 0. The Labute approximate surface area is 177 Å². The molecule has 0 aromatic carbocycles. The van der Waals surface area contributed by atoms with Crippen molar-refractivity contribution in [1.29, 1.82) is 10.5 Å². The number of hydrogen-bond acceptors (Lipinski definition) is 7. The summed E-state index contributed by atoms with van der Waals surface area (Å²) in [6.45, 7) is 2.58. The van der Waals surface area contributed by atoms with Gasteiger partial charge in [0.25, 0.3) is 6.43 Å². The van der Waals surface area contributed by atoms with E-state index in [2.05, 4.69) is 26.3 Å². The Hall–Kier alpha value is -3.01. The molecule has 0 spiro atoms. The predicted octanol–water partition coefficient (Wildman–Crippen LogP) is 3.70. The first-order chi connectivity index (χ1) is 14.4. The summed E-state index contributed by atoms with van der Waals surface area (Å²) >= 11 is 6.21. The molecule has 2 aromatic heterocycles. The van der Waals surface area contributed by atoms with Crippen molar-refractivity contribution in [2.24, 2.45) is 0 Å². The lowest BCUT2D eigenvalue weighted by molar-refractivity contribution is 0.0795. The number of anilines is 1. The molecule has 1 unspecified atom stereocenters. The maximum atomic E-state index is 12.3. The third-order valence-electron chi connectivity index (χ3n) is 4.97. The summed E-state index contributed by atoms with van der Waals surface area (Å²) in [4.78, 5) is 10.5. The molecule has 30 heavy (non-hydrogen) atoms. The third kappa shape index (κ3) is 4.76. The van der Waals surface area contributed by atoms with Crippen LogP contribution in [-0.4, -0.2) is 41.0 Å². The molecule has 0 aliphatic carbocycles. The second-order valence-electron chi connectivity index (χ2n) is 6.74. The van der Waals surface area contributed by atoms with Gasteiger partial charge in [-0.1, -0.05) is 17.7 Å². The zero-order valence-electron chi connectivity index (χ0n) is 16.2. The van der Waals surface area contributed by atoms with Crippen molar-refractivity contribution < 1.29 is 13.5 Å². The lowest BCUT2D eigenvalue weighted by atomic mass is 9.95. The maximum Gasteiger partial charge on any atom is 0.272 e. The van der Waals surface area contributed by atoms with Crippen LogP contribution in [-0.2, 0) is 13.0 Å². The standard InChI is InChI=1S/C20H19ClF2N6O/c1-12(13-2-3-18(27-9-13)30-11-17(22)23)29-7-4-14-16(10-29)15(8-25)19(21)28-20(14)26-6-5-24/h2-3,9,12,17H,4,6-7,10-11H2,1H3,(H,26,28). The second-order valence-corrected chi connectivity index (χ2v) is 7.09. The summed E-state index contributed by atoms with van der Waals surface area (Å²) in [6.07, 6.45) is -0.317. The van der Waals surface area contributed by atoms with Gasteiger partial charge in [-0.05, 0) is 24.5 Å². The van der Waals surface area contributed by atoms with Gasteiger partial charge in [0.05, 0.1) is 11.6 Å². The highest BCUT2D eigenvalue weighted by atomic mass is 35.5. The number of pyridine rings is 2. The molecule has 10 heteroatoms. The molecule has 0 bridgehead atoms. The van der Waals surface area contributed by atoms with E-state index < -0.39 is 13.0 Å². The van der Waals surface area contributed by atoms with Crippen LogP contribution in [0.1, 0.15) is 35.2 Å². The lowest BCUT2D eigenvalue weighted by Crippen LogP contribution is -2.34. The molecule has 2 aromatic rings. The summed E-state index contributed by atoms with van der Waals surface area (Å²) in [5.41, 5.74) is 2.91. The van der Waals surface area contributed by atoms with E-state index in [1.807, 2.05) is 13.0 Å². The number of nitriles is 2. The number of halogens is 3. The predicted molar refractivity (Wildman–Crippen MR) is 106 cm³/mol. The molecule has 0 amide bonds. The summed E-state index contributed by atoms with van der Waals surface area (Å²) < 4.78 is 29.4. The number of alkyl halides is 2. The molecule has 0 saturated heterocycles. The molecule has 156 valence electrons. The number of nitrogens with one attached hydrogen (secondary N) is 1. The van der Waals surface area contributed by atoms with Crippen molar-refractivity contribution in [3.8, 4) is 18.0 Å². The van der Waals surface area contributed by atoms with Gasteiger partial charge in [0.1, 0.15) is 23.6 Å². The summed E-state index contributed by atoms with van der Waals surface area (Å²) in [5, 5.41) is 21.5. The van der Waals surface area contributed by atoms with Gasteiger partial charge in [0, 0.05) is 37.0 Å². The van der Waals surface area contributed by atoms with E-state index in [4.69, 9.17) is 21.6 Å². The van der Waals surface area contributed by atoms with Gasteiger partial charge in [0.2, 0.25) is 5.88 Å². The van der Waals surface area contributed by atoms with Gasteiger partial charge in [-0.25, -0.2) is 18.7 Å². The normalized spacial score (nSPS) is 14.5. The van der Waals surface area contributed by atoms with Gasteiger partial charge in [-0.2, -0.15) is 10.5 Å². The van der Waals surface area contributed by atoms with Crippen molar-refractivity contribution in [2.45, 2.75) is 32.4 Å². The molecule has 3 rings (SSSR count). The van der Waals surface area contributed by atoms with Crippen LogP contribution in [0.25, 0.3) is 0 Å². The van der Waals surface area contributed by atoms with Crippen LogP contribution in [0.5, 0.6) is 5.88 Å². The van der Waals surface area contributed by atoms with Gasteiger partial charge >= 0.3 is 0 Å². The van der Waals surface area contributed by atoms with E-state index in [0.717, 1.165) is 16.7 Å². The zero-order chi connectivity index (χ0) is 21.7. The Morgan fingerprint density at radius 1 is 1.33 bits per heavy atom. The highest BCUT2D eigenvalue weighted by Gasteiger charge is 2.28. The fourth-order valence-electron chi connectivity index (χ4n) is 3.42. The van der Waals surface area contributed by atoms with Crippen molar-refractivity contribution in [3.63, 3.8) is 0 Å². The minimum Gasteiger partial charge on any atom is -0.472 e. The number of nitrogens with zero attached hydrogens (tertiary/aromatic N) is 5. The van der Waals surface area contributed by atoms with Gasteiger partial charge in [0.15, 0.2) is 6.61 Å². The Kier molecular flexibility index (Phi) is 6.99. The largest absolute Gasteiger partial charge is 0.472 e. The zero-order valence-corrected chi connectivity index (χ0v) is 17.0. The highest BCUT2D eigenvalue weighted by molar-refractivity contribution is 6.30. The fourth-order valence-corrected chi connectivity index (χ4v) is 3.66. The number of ether oxygens (including phenoxy) is 1. The van der Waals surface area contributed by atoms with E-state index in [1.54, 1.807) is 18.3 Å². The molecule has 1 N–H and O–H groups in total. The third-order valence-corrected chi connectivity index (χ3v) is 5.25. The molecule has 1 aliphatic heterocycles. The van der Waals surface area contributed by atoms with Crippen LogP contribution < -0.4 is 10.1 Å². The quantitative estimate of drug-likeness (QED) is 0.526.